The quantitative estimate of drug-likeness (QED) is 0.662. The maximum Gasteiger partial charge on any atom is 0.242 e. The van der Waals surface area contributed by atoms with E-state index in [0.29, 0.717) is 31.1 Å². The maximum atomic E-state index is 5.89. The average molecular weight is 395 g/mol. The molecule has 0 amide bonds. The normalized spacial score (nSPS) is 23.0. The zero-order valence-electron chi connectivity index (χ0n) is 16.7. The van der Waals surface area contributed by atoms with E-state index in [1.165, 1.54) is 0 Å². The van der Waals surface area contributed by atoms with Gasteiger partial charge in [0.2, 0.25) is 17.8 Å². The van der Waals surface area contributed by atoms with Crippen LogP contribution in [0.5, 0.6) is 0 Å². The summed E-state index contributed by atoms with van der Waals surface area (Å²) >= 11 is 0. The molecule has 29 heavy (non-hydrogen) atoms. The van der Waals surface area contributed by atoms with Crippen molar-refractivity contribution in [3.05, 3.63) is 30.6 Å². The van der Waals surface area contributed by atoms with Gasteiger partial charge in [-0.05, 0) is 26.0 Å². The number of hydrogen-bond acceptors (Lipinski definition) is 8. The molecule has 2 aliphatic rings. The van der Waals surface area contributed by atoms with Gasteiger partial charge < -0.3 is 19.3 Å². The number of morpholine rings is 2. The van der Waals surface area contributed by atoms with E-state index in [4.69, 9.17) is 24.4 Å². The molecule has 9 heteroatoms. The highest BCUT2D eigenvalue weighted by atomic mass is 16.5. The first-order valence-corrected chi connectivity index (χ1v) is 10.1. The number of hydrogen-bond donors (Lipinski definition) is 0. The highest BCUT2D eigenvalue weighted by molar-refractivity contribution is 5.76. The van der Waals surface area contributed by atoms with E-state index in [1.807, 2.05) is 28.8 Å². The number of aromatic nitrogens is 5. The van der Waals surface area contributed by atoms with Gasteiger partial charge in [-0.3, -0.25) is 4.57 Å². The number of ether oxygens (including phenoxy) is 2. The number of fused-ring (bicyclic) bond motifs is 1. The lowest BCUT2D eigenvalue weighted by atomic mass is 10.2. The standard InChI is InChI=1S/C20H25N7O2/c1-14-11-26(12-15(2)29-14)19-22-18(25-7-9-28-10-8-25)23-20(24-19)27-13-21-16-5-3-4-6-17(16)27/h3-6,13-15H,7-12H2,1-2H3/t14-,15-/m1/s1. The van der Waals surface area contributed by atoms with Crippen LogP contribution in [0.4, 0.5) is 11.9 Å². The van der Waals surface area contributed by atoms with Gasteiger partial charge in [0.05, 0.1) is 36.5 Å². The number of anilines is 2. The molecule has 5 rings (SSSR count). The fourth-order valence-electron chi connectivity index (χ4n) is 3.96. The Bertz CT molecular complexity index is 991. The second kappa shape index (κ2) is 7.57. The molecule has 0 radical (unpaired) electrons. The fourth-order valence-corrected chi connectivity index (χ4v) is 3.96. The minimum Gasteiger partial charge on any atom is -0.378 e. The molecular formula is C20H25N7O2. The van der Waals surface area contributed by atoms with Crippen LogP contribution in [-0.4, -0.2) is 76.1 Å². The van der Waals surface area contributed by atoms with Crippen LogP contribution in [0.2, 0.25) is 0 Å². The molecule has 2 aromatic heterocycles. The molecule has 2 aliphatic heterocycles. The molecule has 0 unspecified atom stereocenters. The molecule has 4 heterocycles. The van der Waals surface area contributed by atoms with Gasteiger partial charge in [0, 0.05) is 26.2 Å². The van der Waals surface area contributed by atoms with Crippen LogP contribution in [0.25, 0.3) is 17.0 Å². The Balaban J connectivity index is 1.60. The monoisotopic (exact) mass is 395 g/mol. The molecule has 1 aromatic carbocycles. The largest absolute Gasteiger partial charge is 0.378 e. The third kappa shape index (κ3) is 3.63. The van der Waals surface area contributed by atoms with Gasteiger partial charge in [-0.25, -0.2) is 4.98 Å². The zero-order valence-corrected chi connectivity index (χ0v) is 16.7. The van der Waals surface area contributed by atoms with Crippen LogP contribution in [0.1, 0.15) is 13.8 Å². The van der Waals surface area contributed by atoms with Crippen LogP contribution >= 0.6 is 0 Å². The Labute approximate surface area is 169 Å². The molecule has 2 fully saturated rings. The minimum atomic E-state index is 0.125. The fraction of sp³-hybridized carbons (Fsp3) is 0.500. The molecule has 0 aliphatic carbocycles. The SMILES string of the molecule is C[C@@H]1CN(c2nc(N3CCOCC3)nc(-n3cnc4ccccc43)n2)C[C@@H](C)O1. The van der Waals surface area contributed by atoms with Gasteiger partial charge in [0.25, 0.3) is 0 Å². The predicted octanol–water partition coefficient (Wildman–Crippen LogP) is 1.66. The van der Waals surface area contributed by atoms with Gasteiger partial charge in [-0.15, -0.1) is 0 Å². The van der Waals surface area contributed by atoms with E-state index in [1.54, 1.807) is 6.33 Å². The Morgan fingerprint density at radius 1 is 0.862 bits per heavy atom. The van der Waals surface area contributed by atoms with E-state index in [2.05, 4.69) is 28.6 Å². The number of imidazole rings is 1. The number of rotatable bonds is 3. The predicted molar refractivity (Wildman–Crippen MR) is 110 cm³/mol. The summed E-state index contributed by atoms with van der Waals surface area (Å²) in [7, 11) is 0. The minimum absolute atomic E-state index is 0.125. The highest BCUT2D eigenvalue weighted by Crippen LogP contribution is 2.23. The first kappa shape index (κ1) is 18.3. The Morgan fingerprint density at radius 3 is 2.28 bits per heavy atom. The van der Waals surface area contributed by atoms with Crippen molar-refractivity contribution in [2.45, 2.75) is 26.1 Å². The number of nitrogens with zero attached hydrogens (tertiary/aromatic N) is 7. The third-order valence-corrected chi connectivity index (χ3v) is 5.27. The summed E-state index contributed by atoms with van der Waals surface area (Å²) in [5.74, 6) is 1.94. The zero-order chi connectivity index (χ0) is 19.8. The van der Waals surface area contributed by atoms with Crippen molar-refractivity contribution in [2.75, 3.05) is 49.2 Å². The second-order valence-corrected chi connectivity index (χ2v) is 7.60. The average Bonchev–Trinajstić information content (AvgIpc) is 3.18. The summed E-state index contributed by atoms with van der Waals surface area (Å²) < 4.78 is 13.3. The molecule has 0 spiro atoms. The van der Waals surface area contributed by atoms with E-state index in [9.17, 15) is 0 Å². The van der Waals surface area contributed by atoms with Crippen molar-refractivity contribution >= 4 is 22.9 Å². The van der Waals surface area contributed by atoms with Gasteiger partial charge in [-0.1, -0.05) is 12.1 Å². The van der Waals surface area contributed by atoms with Crippen LogP contribution in [0.3, 0.4) is 0 Å². The first-order chi connectivity index (χ1) is 14.2. The maximum absolute atomic E-state index is 5.89. The molecular weight excluding hydrogens is 370 g/mol. The Morgan fingerprint density at radius 2 is 1.52 bits per heavy atom. The second-order valence-electron chi connectivity index (χ2n) is 7.60. The van der Waals surface area contributed by atoms with Crippen molar-refractivity contribution in [3.8, 4) is 5.95 Å². The summed E-state index contributed by atoms with van der Waals surface area (Å²) in [6, 6.07) is 7.99. The van der Waals surface area contributed by atoms with E-state index in [-0.39, 0.29) is 12.2 Å². The van der Waals surface area contributed by atoms with Gasteiger partial charge in [-0.2, -0.15) is 15.0 Å². The summed E-state index contributed by atoms with van der Waals surface area (Å²) in [4.78, 5) is 23.3. The number of benzene rings is 1. The van der Waals surface area contributed by atoms with E-state index in [0.717, 1.165) is 37.2 Å². The smallest absolute Gasteiger partial charge is 0.242 e. The van der Waals surface area contributed by atoms with Crippen LogP contribution in [-0.2, 0) is 9.47 Å². The van der Waals surface area contributed by atoms with Crippen LogP contribution in [0, 0.1) is 0 Å². The van der Waals surface area contributed by atoms with Crippen LogP contribution in [0.15, 0.2) is 30.6 Å². The lowest BCUT2D eigenvalue weighted by molar-refractivity contribution is -0.00573. The van der Waals surface area contributed by atoms with Crippen LogP contribution < -0.4 is 9.80 Å². The van der Waals surface area contributed by atoms with Gasteiger partial charge in [0.15, 0.2) is 0 Å². The highest BCUT2D eigenvalue weighted by Gasteiger charge is 2.26. The Hall–Kier alpha value is -2.78. The molecule has 2 saturated heterocycles. The van der Waals surface area contributed by atoms with Gasteiger partial charge >= 0.3 is 0 Å². The number of para-hydroxylation sites is 2. The summed E-state index contributed by atoms with van der Waals surface area (Å²) in [6.45, 7) is 8.55. The molecule has 152 valence electrons. The summed E-state index contributed by atoms with van der Waals surface area (Å²) in [5.41, 5.74) is 1.89. The summed E-state index contributed by atoms with van der Waals surface area (Å²) in [5, 5.41) is 0. The topological polar surface area (TPSA) is 81.4 Å². The van der Waals surface area contributed by atoms with Crippen molar-refractivity contribution in [3.63, 3.8) is 0 Å². The van der Waals surface area contributed by atoms with E-state index < -0.39 is 0 Å². The lowest BCUT2D eigenvalue weighted by Crippen LogP contribution is -2.46. The van der Waals surface area contributed by atoms with E-state index >= 15 is 0 Å². The molecule has 0 N–H and O–H groups in total. The van der Waals surface area contributed by atoms with Crippen molar-refractivity contribution < 1.29 is 9.47 Å². The molecule has 0 bridgehead atoms. The van der Waals surface area contributed by atoms with Crippen molar-refractivity contribution in [1.29, 1.82) is 0 Å². The molecule has 3 aromatic rings. The first-order valence-electron chi connectivity index (χ1n) is 10.1. The van der Waals surface area contributed by atoms with Crippen molar-refractivity contribution in [2.24, 2.45) is 0 Å². The molecule has 2 atom stereocenters. The van der Waals surface area contributed by atoms with Gasteiger partial charge in [0.1, 0.15) is 6.33 Å². The third-order valence-electron chi connectivity index (χ3n) is 5.27. The molecule has 0 saturated carbocycles. The lowest BCUT2D eigenvalue weighted by Gasteiger charge is -2.36. The summed E-state index contributed by atoms with van der Waals surface area (Å²) in [6.07, 6.45) is 2.03. The molecule has 9 nitrogen and oxygen atoms in total. The van der Waals surface area contributed by atoms with Crippen molar-refractivity contribution in [1.82, 2.24) is 24.5 Å². The Kier molecular flexibility index (Phi) is 4.76.